The number of nitrogens with two attached hydrogens (primary N) is 2. The van der Waals surface area contributed by atoms with Crippen molar-refractivity contribution in [2.75, 3.05) is 0 Å². The van der Waals surface area contributed by atoms with Crippen molar-refractivity contribution in [1.29, 1.82) is 0 Å². The highest BCUT2D eigenvalue weighted by Gasteiger charge is 2.21. The molecule has 0 radical (unpaired) electrons. The highest BCUT2D eigenvalue weighted by molar-refractivity contribution is 7.95. The van der Waals surface area contributed by atoms with Crippen molar-refractivity contribution in [3.05, 3.63) is 29.8 Å². The zero-order valence-electron chi connectivity index (χ0n) is 8.04. The Bertz CT molecular complexity index is 491. The van der Waals surface area contributed by atoms with E-state index in [9.17, 15) is 13.0 Å². The van der Waals surface area contributed by atoms with E-state index in [1.807, 2.05) is 6.92 Å². The SMILES string of the molecule is Cc1ccc(S(=O)(=O)NP(N)(N)=O)cc1. The molecule has 0 atom stereocenters. The van der Waals surface area contributed by atoms with Crippen LogP contribution in [0.5, 0.6) is 0 Å². The average molecular weight is 249 g/mol. The Morgan fingerprint density at radius 2 is 1.67 bits per heavy atom. The van der Waals surface area contributed by atoms with E-state index in [0.29, 0.717) is 0 Å². The predicted molar refractivity (Wildman–Crippen MR) is 57.5 cm³/mol. The summed E-state index contributed by atoms with van der Waals surface area (Å²) in [6.45, 7) is 1.82. The number of benzene rings is 1. The minimum Gasteiger partial charge on any atom is -0.270 e. The molecule has 8 heteroatoms. The maximum atomic E-state index is 11.5. The molecule has 0 amide bonds. The van der Waals surface area contributed by atoms with Gasteiger partial charge in [-0.2, -0.15) is 0 Å². The third kappa shape index (κ3) is 3.73. The highest BCUT2D eigenvalue weighted by Crippen LogP contribution is 2.23. The minimum absolute atomic E-state index is 0.0239. The monoisotopic (exact) mass is 249 g/mol. The molecular weight excluding hydrogens is 237 g/mol. The molecule has 15 heavy (non-hydrogen) atoms. The molecule has 5 N–H and O–H groups in total. The lowest BCUT2D eigenvalue weighted by Gasteiger charge is -2.09. The molecular formula is C7H12N3O3PS. The van der Waals surface area contributed by atoms with E-state index in [-0.39, 0.29) is 4.90 Å². The molecule has 0 heterocycles. The Morgan fingerprint density at radius 3 is 2.07 bits per heavy atom. The quantitative estimate of drug-likeness (QED) is 0.666. The summed E-state index contributed by atoms with van der Waals surface area (Å²) in [7, 11) is -7.70. The van der Waals surface area contributed by atoms with Crippen LogP contribution in [-0.2, 0) is 14.6 Å². The highest BCUT2D eigenvalue weighted by atomic mass is 32.2. The molecule has 0 bridgehead atoms. The van der Waals surface area contributed by atoms with Crippen LogP contribution in [-0.4, -0.2) is 8.42 Å². The van der Waals surface area contributed by atoms with Gasteiger partial charge in [-0.15, -0.1) is 4.49 Å². The molecule has 0 spiro atoms. The molecule has 0 saturated heterocycles. The van der Waals surface area contributed by atoms with Crippen LogP contribution >= 0.6 is 7.59 Å². The topological polar surface area (TPSA) is 115 Å². The molecule has 6 nitrogen and oxygen atoms in total. The van der Waals surface area contributed by atoms with Crippen LogP contribution in [0.3, 0.4) is 0 Å². The van der Waals surface area contributed by atoms with Crippen molar-refractivity contribution in [3.63, 3.8) is 0 Å². The van der Waals surface area contributed by atoms with Gasteiger partial charge in [0, 0.05) is 0 Å². The molecule has 84 valence electrons. The zero-order chi connectivity index (χ0) is 11.7. The largest absolute Gasteiger partial charge is 0.287 e. The van der Waals surface area contributed by atoms with E-state index in [4.69, 9.17) is 11.0 Å². The maximum absolute atomic E-state index is 11.5. The van der Waals surface area contributed by atoms with Crippen molar-refractivity contribution in [2.24, 2.45) is 11.0 Å². The number of hydrogen-bond donors (Lipinski definition) is 3. The summed E-state index contributed by atoms with van der Waals surface area (Å²) in [5.74, 6) is 0. The summed E-state index contributed by atoms with van der Waals surface area (Å²) in [4.78, 5) is -0.0239. The summed E-state index contributed by atoms with van der Waals surface area (Å²) in [6, 6.07) is 6.00. The maximum Gasteiger partial charge on any atom is 0.287 e. The van der Waals surface area contributed by atoms with Crippen LogP contribution in [0.1, 0.15) is 5.56 Å². The predicted octanol–water partition coefficient (Wildman–Crippen LogP) is 0.299. The van der Waals surface area contributed by atoms with E-state index >= 15 is 0 Å². The average Bonchev–Trinajstić information content (AvgIpc) is 2.00. The normalized spacial score (nSPS) is 12.7. The van der Waals surface area contributed by atoms with E-state index in [0.717, 1.165) is 5.56 Å². The Hall–Kier alpha value is -0.720. The summed E-state index contributed by atoms with van der Waals surface area (Å²) < 4.78 is 35.7. The van der Waals surface area contributed by atoms with Crippen LogP contribution in [0, 0.1) is 6.92 Å². The van der Waals surface area contributed by atoms with Crippen LogP contribution in [0.15, 0.2) is 29.2 Å². The molecule has 0 unspecified atom stereocenters. The second-order valence-corrected chi connectivity index (χ2v) is 6.74. The lowest BCUT2D eigenvalue weighted by atomic mass is 10.2. The van der Waals surface area contributed by atoms with Crippen molar-refractivity contribution in [3.8, 4) is 0 Å². The van der Waals surface area contributed by atoms with E-state index in [2.05, 4.69) is 0 Å². The van der Waals surface area contributed by atoms with Gasteiger partial charge in [-0.05, 0) is 19.1 Å². The number of aryl methyl sites for hydroxylation is 1. The molecule has 0 aromatic heterocycles. The lowest BCUT2D eigenvalue weighted by Crippen LogP contribution is -2.28. The number of nitrogens with one attached hydrogen (secondary N) is 1. The van der Waals surface area contributed by atoms with E-state index < -0.39 is 17.6 Å². The number of rotatable bonds is 3. The first-order chi connectivity index (χ1) is 6.71. The Labute approximate surface area is 88.2 Å². The van der Waals surface area contributed by atoms with E-state index in [1.165, 1.54) is 12.1 Å². The zero-order valence-corrected chi connectivity index (χ0v) is 9.76. The Kier molecular flexibility index (Phi) is 3.32. The van der Waals surface area contributed by atoms with Crippen LogP contribution in [0.2, 0.25) is 0 Å². The minimum atomic E-state index is -3.90. The van der Waals surface area contributed by atoms with E-state index in [1.54, 1.807) is 16.6 Å². The fourth-order valence-electron chi connectivity index (χ4n) is 0.958. The van der Waals surface area contributed by atoms with Crippen molar-refractivity contribution >= 4 is 17.6 Å². The molecule has 0 fully saturated rings. The van der Waals surface area contributed by atoms with Crippen LogP contribution < -0.4 is 15.5 Å². The molecule has 0 saturated carbocycles. The lowest BCUT2D eigenvalue weighted by molar-refractivity contribution is 0.567. The molecule has 1 aromatic carbocycles. The van der Waals surface area contributed by atoms with Gasteiger partial charge in [-0.25, -0.2) is 8.42 Å². The fourth-order valence-corrected chi connectivity index (χ4v) is 3.38. The smallest absolute Gasteiger partial charge is 0.270 e. The molecule has 1 aromatic rings. The summed E-state index contributed by atoms with van der Waals surface area (Å²) in [5.41, 5.74) is 10.8. The Balaban J connectivity index is 3.07. The van der Waals surface area contributed by atoms with Gasteiger partial charge in [-0.1, -0.05) is 17.7 Å². The third-order valence-electron chi connectivity index (χ3n) is 1.59. The molecule has 0 aliphatic carbocycles. The first-order valence-electron chi connectivity index (χ1n) is 3.99. The van der Waals surface area contributed by atoms with Gasteiger partial charge >= 0.3 is 0 Å². The first kappa shape index (κ1) is 12.4. The van der Waals surface area contributed by atoms with Gasteiger partial charge < -0.3 is 0 Å². The van der Waals surface area contributed by atoms with Gasteiger partial charge in [0.15, 0.2) is 0 Å². The second kappa shape index (κ2) is 4.03. The van der Waals surface area contributed by atoms with Gasteiger partial charge in [0.05, 0.1) is 4.90 Å². The molecule has 0 aliphatic rings. The number of hydrogen-bond acceptors (Lipinski definition) is 3. The first-order valence-corrected chi connectivity index (χ1v) is 7.31. The standard InChI is InChI=1S/C7H12N3O3PS/c1-6-2-4-7(5-3-6)15(12,13)10-14(8,9)11/h2-5H,1H3,(H5,8,9,10,11). The van der Waals surface area contributed by atoms with Gasteiger partial charge in [-0.3, -0.25) is 15.6 Å². The van der Waals surface area contributed by atoms with Crippen molar-refractivity contribution in [2.45, 2.75) is 11.8 Å². The molecule has 0 aliphatic heterocycles. The second-order valence-electron chi connectivity index (χ2n) is 3.12. The summed E-state index contributed by atoms with van der Waals surface area (Å²) >= 11 is 0. The van der Waals surface area contributed by atoms with Crippen molar-refractivity contribution < 1.29 is 13.0 Å². The summed E-state index contributed by atoms with van der Waals surface area (Å²) in [6.07, 6.45) is 0. The van der Waals surface area contributed by atoms with Gasteiger partial charge in [0.2, 0.25) is 10.0 Å². The third-order valence-corrected chi connectivity index (χ3v) is 4.59. The Morgan fingerprint density at radius 1 is 1.20 bits per heavy atom. The van der Waals surface area contributed by atoms with Gasteiger partial charge in [0.1, 0.15) is 0 Å². The van der Waals surface area contributed by atoms with Crippen molar-refractivity contribution in [1.82, 2.24) is 4.49 Å². The summed E-state index contributed by atoms with van der Waals surface area (Å²) in [5, 5.41) is 0. The number of sulfonamides is 1. The van der Waals surface area contributed by atoms with Crippen LogP contribution in [0.25, 0.3) is 0 Å². The fraction of sp³-hybridized carbons (Fsp3) is 0.143. The molecule has 1 rings (SSSR count). The van der Waals surface area contributed by atoms with Gasteiger partial charge in [0.25, 0.3) is 7.59 Å². The van der Waals surface area contributed by atoms with Crippen LogP contribution in [0.4, 0.5) is 0 Å².